The first-order valence-electron chi connectivity index (χ1n) is 7.44. The molecule has 4 nitrogen and oxygen atoms in total. The van der Waals surface area contributed by atoms with E-state index in [1.165, 1.54) is 11.8 Å². The normalized spacial score (nSPS) is 11.2. The Hall–Kier alpha value is -1.79. The molecule has 0 heterocycles. The van der Waals surface area contributed by atoms with Crippen LogP contribution in [0.3, 0.4) is 0 Å². The fourth-order valence-corrected chi connectivity index (χ4v) is 2.91. The molecule has 24 heavy (non-hydrogen) atoms. The lowest BCUT2D eigenvalue weighted by atomic mass is 10.0. The van der Waals surface area contributed by atoms with E-state index in [0.717, 1.165) is 16.7 Å². The minimum absolute atomic E-state index is 0. The van der Waals surface area contributed by atoms with Gasteiger partial charge in [0.25, 0.3) is 0 Å². The second-order valence-corrected chi connectivity index (χ2v) is 6.32. The molecule has 0 saturated carbocycles. The van der Waals surface area contributed by atoms with Gasteiger partial charge in [-0.25, -0.2) is 0 Å². The van der Waals surface area contributed by atoms with Crippen LogP contribution in [-0.4, -0.2) is 11.1 Å². The Morgan fingerprint density at radius 1 is 1.12 bits per heavy atom. The van der Waals surface area contributed by atoms with Gasteiger partial charge in [-0.3, -0.25) is 10.2 Å². The molecule has 0 spiro atoms. The van der Waals surface area contributed by atoms with E-state index < -0.39 is 0 Å². The van der Waals surface area contributed by atoms with Crippen LogP contribution in [0.4, 0.5) is 0 Å². The maximum atomic E-state index is 12.3. The molecule has 2 aromatic carbocycles. The summed E-state index contributed by atoms with van der Waals surface area (Å²) >= 11 is 1.27. The lowest BCUT2D eigenvalue weighted by Gasteiger charge is -2.15. The smallest absolute Gasteiger partial charge is 0.224 e. The van der Waals surface area contributed by atoms with Crippen molar-refractivity contribution >= 4 is 39.8 Å². The van der Waals surface area contributed by atoms with Crippen LogP contribution in [0.25, 0.3) is 0 Å². The zero-order valence-electron chi connectivity index (χ0n) is 13.5. The van der Waals surface area contributed by atoms with Crippen molar-refractivity contribution in [2.24, 2.45) is 5.73 Å². The number of benzene rings is 2. The number of hydrogen-bond acceptors (Lipinski definition) is 3. The van der Waals surface area contributed by atoms with Crippen LogP contribution in [0.1, 0.15) is 29.7 Å². The molecular weight excluding hydrogens is 386 g/mol. The van der Waals surface area contributed by atoms with Gasteiger partial charge in [-0.2, -0.15) is 0 Å². The average molecular weight is 408 g/mol. The van der Waals surface area contributed by atoms with Gasteiger partial charge in [0, 0.05) is 5.75 Å². The minimum atomic E-state index is -0.0255. The number of thioether (sulfide) groups is 1. The van der Waals surface area contributed by atoms with E-state index >= 15 is 0 Å². The highest BCUT2D eigenvalue weighted by atomic mass is 79.9. The van der Waals surface area contributed by atoms with Crippen molar-refractivity contribution < 1.29 is 4.79 Å². The molecule has 0 radical (unpaired) electrons. The third-order valence-corrected chi connectivity index (χ3v) is 4.30. The Balaban J connectivity index is 0.00000288. The van der Waals surface area contributed by atoms with Gasteiger partial charge in [0.1, 0.15) is 0 Å². The number of nitrogens with two attached hydrogens (primary N) is 1. The van der Waals surface area contributed by atoms with Crippen molar-refractivity contribution in [1.82, 2.24) is 5.32 Å². The molecule has 1 amide bonds. The molecule has 2 aromatic rings. The minimum Gasteiger partial charge on any atom is -0.379 e. The van der Waals surface area contributed by atoms with Crippen LogP contribution in [0, 0.1) is 5.41 Å². The van der Waals surface area contributed by atoms with Gasteiger partial charge in [-0.1, -0.05) is 66.4 Å². The van der Waals surface area contributed by atoms with Crippen LogP contribution in [0.5, 0.6) is 0 Å². The summed E-state index contributed by atoms with van der Waals surface area (Å²) in [5, 5.41) is 10.4. The van der Waals surface area contributed by atoms with E-state index in [0.29, 0.717) is 12.2 Å². The van der Waals surface area contributed by atoms with Crippen LogP contribution in [0.2, 0.25) is 0 Å². The quantitative estimate of drug-likeness (QED) is 0.502. The van der Waals surface area contributed by atoms with E-state index in [2.05, 4.69) is 5.32 Å². The molecule has 0 bridgehead atoms. The summed E-state index contributed by atoms with van der Waals surface area (Å²) in [4.78, 5) is 12.3. The highest BCUT2D eigenvalue weighted by Gasteiger charge is 2.12. The summed E-state index contributed by atoms with van der Waals surface area (Å²) in [5.74, 6) is 0.592. The molecule has 4 N–H and O–H groups in total. The Morgan fingerprint density at radius 2 is 1.71 bits per heavy atom. The number of amides is 1. The topological polar surface area (TPSA) is 79.0 Å². The van der Waals surface area contributed by atoms with Crippen LogP contribution in [0.15, 0.2) is 54.6 Å². The predicted molar refractivity (Wildman–Crippen MR) is 107 cm³/mol. The molecule has 6 heteroatoms. The number of hydrogen-bond donors (Lipinski definition) is 3. The third kappa shape index (κ3) is 6.37. The Bertz CT molecular complexity index is 679. The summed E-state index contributed by atoms with van der Waals surface area (Å²) < 4.78 is 0. The summed E-state index contributed by atoms with van der Waals surface area (Å²) in [5.41, 5.74) is 8.48. The molecule has 2 rings (SSSR count). The molecule has 0 aliphatic heterocycles. The molecule has 0 fully saturated rings. The van der Waals surface area contributed by atoms with Gasteiger partial charge in [0.15, 0.2) is 5.17 Å². The first-order valence-corrected chi connectivity index (χ1v) is 8.42. The number of rotatable bonds is 6. The van der Waals surface area contributed by atoms with Gasteiger partial charge < -0.3 is 11.1 Å². The summed E-state index contributed by atoms with van der Waals surface area (Å²) in [6.45, 7) is 1.98. The number of nitrogens with one attached hydrogen (secondary N) is 2. The zero-order valence-corrected chi connectivity index (χ0v) is 16.0. The third-order valence-electron chi connectivity index (χ3n) is 3.53. The summed E-state index contributed by atoms with van der Waals surface area (Å²) in [6, 6.07) is 17.6. The number of halogens is 1. The molecule has 0 aromatic heterocycles. The van der Waals surface area contributed by atoms with Gasteiger partial charge in [-0.05, 0) is 23.6 Å². The van der Waals surface area contributed by atoms with Crippen molar-refractivity contribution in [2.45, 2.75) is 25.1 Å². The van der Waals surface area contributed by atoms with Gasteiger partial charge in [0.05, 0.1) is 12.5 Å². The maximum Gasteiger partial charge on any atom is 0.224 e. The fraction of sp³-hybridized carbons (Fsp3) is 0.222. The van der Waals surface area contributed by atoms with Gasteiger partial charge in [-0.15, -0.1) is 17.0 Å². The molecule has 0 aliphatic rings. The van der Waals surface area contributed by atoms with Crippen molar-refractivity contribution in [3.8, 4) is 0 Å². The van der Waals surface area contributed by atoms with Crippen LogP contribution < -0.4 is 11.1 Å². The van der Waals surface area contributed by atoms with Gasteiger partial charge in [0.2, 0.25) is 5.91 Å². The second kappa shape index (κ2) is 10.2. The maximum absolute atomic E-state index is 12.3. The summed E-state index contributed by atoms with van der Waals surface area (Å²) in [6.07, 6.45) is 0.325. The average Bonchev–Trinajstić information content (AvgIpc) is 2.54. The first kappa shape index (κ1) is 20.3. The van der Waals surface area contributed by atoms with Crippen molar-refractivity contribution in [3.05, 3.63) is 71.3 Å². The van der Waals surface area contributed by atoms with E-state index in [-0.39, 0.29) is 34.1 Å². The van der Waals surface area contributed by atoms with Gasteiger partial charge >= 0.3 is 0 Å². The van der Waals surface area contributed by atoms with E-state index in [9.17, 15) is 4.79 Å². The standard InChI is InChI=1S/C18H21N3OS.BrH/c1-13(14-7-3-2-4-8-14)21-17(22)11-15-9-5-6-10-16(15)12-23-18(19)20;/h2-10,13H,11-12H2,1H3,(H3,19,20)(H,21,22);1H. The van der Waals surface area contributed by atoms with Crippen molar-refractivity contribution in [3.63, 3.8) is 0 Å². The Morgan fingerprint density at radius 3 is 2.33 bits per heavy atom. The second-order valence-electron chi connectivity index (χ2n) is 5.30. The molecule has 0 saturated heterocycles. The lowest BCUT2D eigenvalue weighted by molar-refractivity contribution is -0.121. The molecular formula is C18H22BrN3OS. The van der Waals surface area contributed by atoms with E-state index in [1.54, 1.807) is 0 Å². The molecule has 1 atom stereocenters. The number of carbonyl (C=O) groups is 1. The van der Waals surface area contributed by atoms with Crippen LogP contribution >= 0.6 is 28.7 Å². The Labute approximate surface area is 157 Å². The number of amidine groups is 1. The highest BCUT2D eigenvalue weighted by Crippen LogP contribution is 2.17. The van der Waals surface area contributed by atoms with Crippen LogP contribution in [-0.2, 0) is 17.0 Å². The molecule has 0 aliphatic carbocycles. The lowest BCUT2D eigenvalue weighted by Crippen LogP contribution is -2.28. The molecule has 1 unspecified atom stereocenters. The fourth-order valence-electron chi connectivity index (χ4n) is 2.32. The highest BCUT2D eigenvalue weighted by molar-refractivity contribution is 8.93. The van der Waals surface area contributed by atoms with Crippen molar-refractivity contribution in [2.75, 3.05) is 0 Å². The first-order chi connectivity index (χ1) is 11.1. The van der Waals surface area contributed by atoms with Crippen molar-refractivity contribution in [1.29, 1.82) is 5.41 Å². The number of carbonyl (C=O) groups excluding carboxylic acids is 1. The predicted octanol–water partition coefficient (Wildman–Crippen LogP) is 3.81. The Kier molecular flexibility index (Phi) is 8.57. The SMILES string of the molecule is Br.CC(NC(=O)Cc1ccccc1CSC(=N)N)c1ccccc1. The largest absolute Gasteiger partial charge is 0.379 e. The molecule has 128 valence electrons. The monoisotopic (exact) mass is 407 g/mol. The zero-order chi connectivity index (χ0) is 16.7. The van der Waals surface area contributed by atoms with E-state index in [4.69, 9.17) is 11.1 Å². The van der Waals surface area contributed by atoms with E-state index in [1.807, 2.05) is 61.5 Å². The summed E-state index contributed by atoms with van der Waals surface area (Å²) in [7, 11) is 0.